The Balaban J connectivity index is 2.17. The van der Waals surface area contributed by atoms with Gasteiger partial charge in [0.2, 0.25) is 10.0 Å². The van der Waals surface area contributed by atoms with Gasteiger partial charge in [-0.1, -0.05) is 36.4 Å². The van der Waals surface area contributed by atoms with Gasteiger partial charge in [-0.25, -0.2) is 19.1 Å². The van der Waals surface area contributed by atoms with E-state index in [0.29, 0.717) is 17.0 Å². The molecule has 2 aromatic rings. The van der Waals surface area contributed by atoms with Crippen LogP contribution in [0, 0.1) is 0 Å². The molecule has 126 valence electrons. The van der Waals surface area contributed by atoms with Gasteiger partial charge in [-0.15, -0.1) is 10.6 Å². The molecule has 0 atom stereocenters. The smallest absolute Gasteiger partial charge is 0.238 e. The van der Waals surface area contributed by atoms with E-state index in [1.54, 1.807) is 6.07 Å². The molecule has 3 rings (SSSR count). The molecule has 8 nitrogen and oxygen atoms in total. The number of primary sulfonamides is 1. The molecule has 0 aromatic heterocycles. The van der Waals surface area contributed by atoms with E-state index in [1.807, 2.05) is 37.4 Å². The number of nitrogens with zero attached hydrogens (tertiary/aromatic N) is 1. The predicted octanol–water partition coefficient (Wildman–Crippen LogP) is -0.00560. The Hall–Kier alpha value is -2.46. The number of hydrazine groups is 2. The first-order valence-corrected chi connectivity index (χ1v) is 8.79. The normalized spacial score (nSPS) is 14.0. The Morgan fingerprint density at radius 3 is 2.50 bits per heavy atom. The van der Waals surface area contributed by atoms with Gasteiger partial charge in [0.25, 0.3) is 0 Å². The molecule has 0 saturated heterocycles. The lowest BCUT2D eigenvalue weighted by Gasteiger charge is -2.14. The molecule has 1 heterocycles. The number of hydrazone groups is 1. The SMILES string of the molecule is CNCc1ccc(-c2cccc(S(N)(=O)=O)c2C2=NNNN2)cc1. The van der Waals surface area contributed by atoms with E-state index in [-0.39, 0.29) is 4.90 Å². The van der Waals surface area contributed by atoms with Crippen LogP contribution in [0.3, 0.4) is 0 Å². The summed E-state index contributed by atoms with van der Waals surface area (Å²) in [4.78, 5) is 0.0102. The number of hydrogen-bond donors (Lipinski definition) is 5. The average molecular weight is 346 g/mol. The minimum absolute atomic E-state index is 0.0102. The topological polar surface area (TPSA) is 121 Å². The lowest BCUT2D eigenvalue weighted by Crippen LogP contribution is -2.36. The van der Waals surface area contributed by atoms with Crippen molar-refractivity contribution in [1.82, 2.24) is 21.8 Å². The summed E-state index contributed by atoms with van der Waals surface area (Å²) in [6, 6.07) is 12.8. The number of sulfonamides is 1. The molecule has 6 N–H and O–H groups in total. The highest BCUT2D eigenvalue weighted by Crippen LogP contribution is 2.29. The second kappa shape index (κ2) is 6.57. The zero-order valence-corrected chi connectivity index (χ0v) is 13.8. The van der Waals surface area contributed by atoms with Gasteiger partial charge in [-0.2, -0.15) is 0 Å². The molecule has 24 heavy (non-hydrogen) atoms. The lowest BCUT2D eigenvalue weighted by atomic mass is 9.98. The second-order valence-corrected chi connectivity index (χ2v) is 6.80. The van der Waals surface area contributed by atoms with E-state index in [4.69, 9.17) is 5.14 Å². The molecule has 0 aliphatic carbocycles. The average Bonchev–Trinajstić information content (AvgIpc) is 3.08. The van der Waals surface area contributed by atoms with E-state index in [1.165, 1.54) is 6.07 Å². The summed E-state index contributed by atoms with van der Waals surface area (Å²) >= 11 is 0. The van der Waals surface area contributed by atoms with E-state index in [9.17, 15) is 8.42 Å². The largest absolute Gasteiger partial charge is 0.316 e. The van der Waals surface area contributed by atoms with Crippen molar-refractivity contribution in [2.24, 2.45) is 10.2 Å². The maximum Gasteiger partial charge on any atom is 0.238 e. The molecule has 0 radical (unpaired) electrons. The van der Waals surface area contributed by atoms with Gasteiger partial charge in [-0.3, -0.25) is 5.43 Å². The molecule has 9 heteroatoms. The van der Waals surface area contributed by atoms with Gasteiger partial charge in [-0.05, 0) is 29.8 Å². The van der Waals surface area contributed by atoms with Crippen molar-refractivity contribution in [3.8, 4) is 11.1 Å². The fourth-order valence-electron chi connectivity index (χ4n) is 2.58. The highest BCUT2D eigenvalue weighted by Gasteiger charge is 2.23. The van der Waals surface area contributed by atoms with Crippen LogP contribution in [-0.2, 0) is 16.6 Å². The third kappa shape index (κ3) is 3.24. The minimum Gasteiger partial charge on any atom is -0.316 e. The number of amidine groups is 1. The van der Waals surface area contributed by atoms with E-state index < -0.39 is 10.0 Å². The Kier molecular flexibility index (Phi) is 4.49. The van der Waals surface area contributed by atoms with Crippen LogP contribution in [-0.4, -0.2) is 21.3 Å². The maximum atomic E-state index is 12.0. The quantitative estimate of drug-likeness (QED) is 0.519. The van der Waals surface area contributed by atoms with Gasteiger partial charge < -0.3 is 5.32 Å². The molecule has 1 aliphatic heterocycles. The summed E-state index contributed by atoms with van der Waals surface area (Å²) in [5.74, 6) is 0.355. The first-order chi connectivity index (χ1) is 11.5. The van der Waals surface area contributed by atoms with E-state index in [2.05, 4.69) is 26.9 Å². The monoisotopic (exact) mass is 346 g/mol. The Bertz CT molecular complexity index is 877. The zero-order chi connectivity index (χ0) is 17.2. The van der Waals surface area contributed by atoms with Crippen molar-refractivity contribution in [1.29, 1.82) is 0 Å². The molecule has 0 saturated carbocycles. The molecule has 0 unspecified atom stereocenters. The van der Waals surface area contributed by atoms with Crippen LogP contribution in [0.2, 0.25) is 0 Å². The van der Waals surface area contributed by atoms with Crippen LogP contribution in [0.1, 0.15) is 11.1 Å². The molecule has 1 aliphatic rings. The Morgan fingerprint density at radius 2 is 1.92 bits per heavy atom. The van der Waals surface area contributed by atoms with Crippen molar-refractivity contribution in [2.45, 2.75) is 11.4 Å². The summed E-state index contributed by atoms with van der Waals surface area (Å²) in [5, 5.41) is 12.5. The lowest BCUT2D eigenvalue weighted by molar-refractivity contribution is 0.577. The summed E-state index contributed by atoms with van der Waals surface area (Å²) in [6.07, 6.45) is 0. The number of nitrogens with one attached hydrogen (secondary N) is 4. The molecule has 0 spiro atoms. The van der Waals surface area contributed by atoms with Crippen LogP contribution in [0.4, 0.5) is 0 Å². The molecular weight excluding hydrogens is 328 g/mol. The fourth-order valence-corrected chi connectivity index (χ4v) is 3.34. The number of benzene rings is 2. The Morgan fingerprint density at radius 1 is 1.17 bits per heavy atom. The predicted molar refractivity (Wildman–Crippen MR) is 92.0 cm³/mol. The molecule has 0 fully saturated rings. The molecular formula is C15H18N6O2S. The van der Waals surface area contributed by atoms with Crippen molar-refractivity contribution < 1.29 is 8.42 Å². The maximum absolute atomic E-state index is 12.0. The fraction of sp³-hybridized carbons (Fsp3) is 0.133. The third-order valence-electron chi connectivity index (χ3n) is 3.62. The van der Waals surface area contributed by atoms with Gasteiger partial charge in [0.1, 0.15) is 0 Å². The van der Waals surface area contributed by atoms with Gasteiger partial charge in [0, 0.05) is 12.1 Å². The highest BCUT2D eigenvalue weighted by molar-refractivity contribution is 7.89. The van der Waals surface area contributed by atoms with Crippen LogP contribution in [0.25, 0.3) is 11.1 Å². The van der Waals surface area contributed by atoms with Crippen molar-refractivity contribution in [3.63, 3.8) is 0 Å². The number of hydrogen-bond acceptors (Lipinski definition) is 7. The van der Waals surface area contributed by atoms with Crippen LogP contribution in [0.5, 0.6) is 0 Å². The summed E-state index contributed by atoms with van der Waals surface area (Å²) in [7, 11) is -2.02. The minimum atomic E-state index is -3.90. The van der Waals surface area contributed by atoms with Gasteiger partial charge >= 0.3 is 0 Å². The molecule has 0 amide bonds. The van der Waals surface area contributed by atoms with Crippen molar-refractivity contribution in [3.05, 3.63) is 53.6 Å². The zero-order valence-electron chi connectivity index (χ0n) is 13.0. The molecule has 0 bridgehead atoms. The first-order valence-electron chi connectivity index (χ1n) is 7.24. The van der Waals surface area contributed by atoms with Crippen LogP contribution >= 0.6 is 0 Å². The first kappa shape index (κ1) is 16.4. The Labute approximate surface area is 140 Å². The van der Waals surface area contributed by atoms with Gasteiger partial charge in [0.15, 0.2) is 5.84 Å². The number of rotatable bonds is 5. The number of nitrogens with two attached hydrogens (primary N) is 1. The summed E-state index contributed by atoms with van der Waals surface area (Å²) in [5.41, 5.74) is 11.1. The van der Waals surface area contributed by atoms with Gasteiger partial charge in [0.05, 0.1) is 4.90 Å². The summed E-state index contributed by atoms with van der Waals surface area (Å²) < 4.78 is 24.0. The summed E-state index contributed by atoms with van der Waals surface area (Å²) in [6.45, 7) is 0.756. The van der Waals surface area contributed by atoms with Crippen LogP contribution in [0.15, 0.2) is 52.5 Å². The third-order valence-corrected chi connectivity index (χ3v) is 4.57. The second-order valence-electron chi connectivity index (χ2n) is 5.27. The molecule has 2 aromatic carbocycles. The standard InChI is InChI=1S/C15H18N6O2S/c1-17-9-10-5-7-11(8-6-10)12-3-2-4-13(24(16,22)23)14(12)15-18-20-21-19-15/h2-8,17,20-21H,9H2,1H3,(H,18,19)(H2,16,22,23). The van der Waals surface area contributed by atoms with E-state index >= 15 is 0 Å². The van der Waals surface area contributed by atoms with Crippen LogP contribution < -0.4 is 27.0 Å². The van der Waals surface area contributed by atoms with E-state index in [0.717, 1.165) is 17.7 Å². The highest BCUT2D eigenvalue weighted by atomic mass is 32.2. The van der Waals surface area contributed by atoms with Crippen molar-refractivity contribution >= 4 is 15.9 Å². The van der Waals surface area contributed by atoms with Crippen molar-refractivity contribution in [2.75, 3.05) is 7.05 Å².